The fourth-order valence-corrected chi connectivity index (χ4v) is 19.9. The van der Waals surface area contributed by atoms with E-state index < -0.39 is 0 Å². The van der Waals surface area contributed by atoms with Gasteiger partial charge in [0.15, 0.2) is 0 Å². The van der Waals surface area contributed by atoms with Gasteiger partial charge in [-0.25, -0.2) is 0 Å². The Kier molecular flexibility index (Phi) is 14.2. The molecule has 114 heavy (non-hydrogen) atoms. The van der Waals surface area contributed by atoms with Crippen LogP contribution in [-0.4, -0.2) is 0 Å². The Morgan fingerprint density at radius 1 is 0.132 bits per heavy atom. The fourth-order valence-electron chi connectivity index (χ4n) is 19.9. The van der Waals surface area contributed by atoms with Crippen molar-refractivity contribution in [3.63, 3.8) is 0 Å². The zero-order chi connectivity index (χ0) is 74.6. The van der Waals surface area contributed by atoms with Crippen LogP contribution in [0.2, 0.25) is 0 Å². The first-order valence-electron chi connectivity index (χ1n) is 39.4. The van der Waals surface area contributed by atoms with Crippen LogP contribution in [0.4, 0.5) is 0 Å². The molecule has 0 aliphatic rings. The summed E-state index contributed by atoms with van der Waals surface area (Å²) >= 11 is 0. The van der Waals surface area contributed by atoms with Crippen molar-refractivity contribution in [3.05, 3.63) is 400 Å². The minimum atomic E-state index is 0.871. The zero-order valence-corrected chi connectivity index (χ0v) is 61.9. The van der Waals surface area contributed by atoms with Crippen LogP contribution in [0.1, 0.15) is 0 Å². The van der Waals surface area contributed by atoms with E-state index >= 15 is 0 Å². The third kappa shape index (κ3) is 9.56. The molecule has 22 aromatic carbocycles. The minimum absolute atomic E-state index is 0.871. The number of fused-ring (bicyclic) bond motifs is 18. The SMILES string of the molecule is c1ccc(-c2cc3cccc(-c4cccc5cc(-c6ccccc6-c6c7ccccc7c(-c7ccc(-c8cccc9ccccc89)c8oc9ccccc9c78)c7ccccc67)c6ccccc6c45)c3c3ccccc23)c(-c2c3ccccc3c(-c3cc(-c4cccc5ccccc45)cc4oc5ccccc5c34)c3ccccc23)c1. The predicted molar refractivity (Wildman–Crippen MR) is 485 cm³/mol. The second-order valence-corrected chi connectivity index (χ2v) is 30.5. The first-order valence-corrected chi connectivity index (χ1v) is 39.4. The molecule has 0 atom stereocenters. The maximum atomic E-state index is 7.06. The maximum absolute atomic E-state index is 7.06. The van der Waals surface area contributed by atoms with Gasteiger partial charge in [-0.05, 0) is 245 Å². The number of hydrogen-bond acceptors (Lipinski definition) is 2. The molecule has 0 saturated heterocycles. The van der Waals surface area contributed by atoms with E-state index in [1.54, 1.807) is 0 Å². The molecule has 0 aliphatic heterocycles. The maximum Gasteiger partial charge on any atom is 0.143 e. The van der Waals surface area contributed by atoms with Crippen LogP contribution in [0.25, 0.3) is 252 Å². The first-order chi connectivity index (χ1) is 56.6. The summed E-state index contributed by atoms with van der Waals surface area (Å²) in [6, 6.07) is 149. The highest BCUT2D eigenvalue weighted by molar-refractivity contribution is 6.32. The Balaban J connectivity index is 0.667. The second kappa shape index (κ2) is 25.3. The molecule has 2 heterocycles. The van der Waals surface area contributed by atoms with Gasteiger partial charge in [-0.2, -0.15) is 0 Å². The molecule has 0 N–H and O–H groups in total. The molecule has 0 unspecified atom stereocenters. The highest BCUT2D eigenvalue weighted by atomic mass is 16.3. The van der Waals surface area contributed by atoms with Gasteiger partial charge in [0.05, 0.1) is 0 Å². The van der Waals surface area contributed by atoms with Gasteiger partial charge in [-0.3, -0.25) is 0 Å². The summed E-state index contributed by atoms with van der Waals surface area (Å²) in [6.45, 7) is 0. The van der Waals surface area contributed by atoms with Crippen molar-refractivity contribution in [2.24, 2.45) is 0 Å². The normalized spacial score (nSPS) is 12.0. The Bertz CT molecular complexity index is 8120. The lowest BCUT2D eigenvalue weighted by Gasteiger charge is -2.22. The molecule has 0 radical (unpaired) electrons. The quantitative estimate of drug-likeness (QED) is 0.106. The van der Waals surface area contributed by atoms with Gasteiger partial charge in [-0.15, -0.1) is 0 Å². The zero-order valence-electron chi connectivity index (χ0n) is 61.9. The van der Waals surface area contributed by atoms with Crippen molar-refractivity contribution < 1.29 is 8.83 Å². The van der Waals surface area contributed by atoms with Gasteiger partial charge in [0.2, 0.25) is 0 Å². The molecule has 2 nitrogen and oxygen atoms in total. The van der Waals surface area contributed by atoms with Crippen molar-refractivity contribution in [2.45, 2.75) is 0 Å². The van der Waals surface area contributed by atoms with Crippen LogP contribution < -0.4 is 0 Å². The standard InChI is InChI=1S/C112H66O2/c1-3-35-72-67(29-1)31-25-55-74(72)71-65-100(110-95-53-21-23-59-101(95)113-103(110)66-71)109-92-51-19-15-47-88(92)107(89-48-16-20-52-93(89)109)83-44-12-8-40-79(83)99-64-70-34-28-58-85(105(70)81-42-10-6-38-77(81)99)84-57-27-33-69-63-98(76-37-5-9-41-80(76)104(69)84)78-39-7-11-43-82(78)106-86-45-13-17-49-90(86)108(91-50-18-14-46-87(91)106)97-62-61-94(75-56-26-32-68-30-2-4-36-73(68)75)112-111(97)96-54-22-24-60-102(96)114-112/h1-66H. The number of rotatable bonds is 9. The van der Waals surface area contributed by atoms with Crippen LogP contribution in [-0.2, 0) is 0 Å². The topological polar surface area (TPSA) is 26.3 Å². The summed E-state index contributed by atoms with van der Waals surface area (Å²) in [4.78, 5) is 0. The molecule has 0 fully saturated rings. The molecule has 2 heteroatoms. The molecule has 0 spiro atoms. The number of hydrogen-bond donors (Lipinski definition) is 0. The van der Waals surface area contributed by atoms with Gasteiger partial charge < -0.3 is 8.83 Å². The Labute approximate surface area is 656 Å². The van der Waals surface area contributed by atoms with E-state index in [9.17, 15) is 0 Å². The molecule has 2 aromatic heterocycles. The van der Waals surface area contributed by atoms with Crippen LogP contribution >= 0.6 is 0 Å². The lowest BCUT2D eigenvalue weighted by atomic mass is 9.81. The third-order valence-corrected chi connectivity index (χ3v) is 24.6. The predicted octanol–water partition coefficient (Wildman–Crippen LogP) is 32.0. The molecule has 526 valence electrons. The summed E-state index contributed by atoms with van der Waals surface area (Å²) in [6.07, 6.45) is 0. The van der Waals surface area contributed by atoms with Gasteiger partial charge in [0, 0.05) is 27.1 Å². The van der Waals surface area contributed by atoms with Gasteiger partial charge in [0.25, 0.3) is 0 Å². The van der Waals surface area contributed by atoms with Gasteiger partial charge in [-0.1, -0.05) is 358 Å². The van der Waals surface area contributed by atoms with Crippen molar-refractivity contribution in [2.75, 3.05) is 0 Å². The third-order valence-electron chi connectivity index (χ3n) is 24.6. The molecular weight excluding hydrogens is 1380 g/mol. The lowest BCUT2D eigenvalue weighted by molar-refractivity contribution is 0.669. The van der Waals surface area contributed by atoms with Crippen LogP contribution in [0.5, 0.6) is 0 Å². The molecule has 0 aliphatic carbocycles. The molecule has 0 amide bonds. The largest absolute Gasteiger partial charge is 0.456 e. The summed E-state index contributed by atoms with van der Waals surface area (Å²) in [7, 11) is 0. The van der Waals surface area contributed by atoms with E-state index in [0.29, 0.717) is 0 Å². The van der Waals surface area contributed by atoms with Crippen LogP contribution in [0, 0.1) is 0 Å². The van der Waals surface area contributed by atoms with E-state index in [-0.39, 0.29) is 0 Å². The lowest BCUT2D eigenvalue weighted by Crippen LogP contribution is -1.95. The molecule has 0 saturated carbocycles. The summed E-state index contributed by atoms with van der Waals surface area (Å²) in [5, 5.41) is 28.4. The van der Waals surface area contributed by atoms with Crippen molar-refractivity contribution in [3.8, 4) is 100 Å². The first kappa shape index (κ1) is 63.9. The average Bonchev–Trinajstić information content (AvgIpc) is 0.820. The fraction of sp³-hybridized carbons (Fsp3) is 0. The monoisotopic (exact) mass is 1440 g/mol. The van der Waals surface area contributed by atoms with E-state index in [2.05, 4.69) is 400 Å². The molecule has 24 rings (SSSR count). The Morgan fingerprint density at radius 3 is 0.930 bits per heavy atom. The minimum Gasteiger partial charge on any atom is -0.456 e. The second-order valence-electron chi connectivity index (χ2n) is 30.5. The summed E-state index contributed by atoms with van der Waals surface area (Å²) in [5.74, 6) is 0. The van der Waals surface area contributed by atoms with Gasteiger partial charge >= 0.3 is 0 Å². The van der Waals surface area contributed by atoms with Crippen molar-refractivity contribution in [1.29, 1.82) is 0 Å². The smallest absolute Gasteiger partial charge is 0.143 e. The highest BCUT2D eigenvalue weighted by Gasteiger charge is 2.28. The van der Waals surface area contributed by atoms with Crippen molar-refractivity contribution >= 4 is 152 Å². The number of furan rings is 2. The Hall–Kier alpha value is -15.0. The van der Waals surface area contributed by atoms with E-state index in [4.69, 9.17) is 8.83 Å². The highest BCUT2D eigenvalue weighted by Crippen LogP contribution is 2.55. The van der Waals surface area contributed by atoms with Crippen molar-refractivity contribution in [1.82, 2.24) is 0 Å². The average molecular weight is 1440 g/mol. The number of para-hydroxylation sites is 2. The summed E-state index contributed by atoms with van der Waals surface area (Å²) in [5.41, 5.74) is 24.7. The van der Waals surface area contributed by atoms with E-state index in [1.807, 2.05) is 0 Å². The summed E-state index contributed by atoms with van der Waals surface area (Å²) < 4.78 is 14.0. The number of benzene rings is 22. The molecular formula is C112H66O2. The van der Waals surface area contributed by atoms with Crippen LogP contribution in [0.15, 0.2) is 409 Å². The van der Waals surface area contributed by atoms with Crippen LogP contribution in [0.3, 0.4) is 0 Å². The molecule has 24 aromatic rings. The molecule has 0 bridgehead atoms. The van der Waals surface area contributed by atoms with E-state index in [0.717, 1.165) is 71.7 Å². The van der Waals surface area contributed by atoms with E-state index in [1.165, 1.54) is 180 Å². The van der Waals surface area contributed by atoms with Gasteiger partial charge in [0.1, 0.15) is 22.3 Å². The Morgan fingerprint density at radius 2 is 0.447 bits per heavy atom.